The van der Waals surface area contributed by atoms with Gasteiger partial charge in [-0.15, -0.1) is 0 Å². The number of hydrogen-bond donors (Lipinski definition) is 1. The van der Waals surface area contributed by atoms with Gasteiger partial charge in [-0.25, -0.2) is 8.42 Å². The summed E-state index contributed by atoms with van der Waals surface area (Å²) in [5, 5.41) is 2.30. The predicted molar refractivity (Wildman–Crippen MR) is 86.5 cm³/mol. The molecule has 5 nitrogen and oxygen atoms in total. The molecule has 0 atom stereocenters. The highest BCUT2D eigenvalue weighted by Crippen LogP contribution is 2.36. The van der Waals surface area contributed by atoms with Crippen LogP contribution in [0.1, 0.15) is 19.4 Å². The molecular weight excluding hydrogens is 369 g/mol. The zero-order chi connectivity index (χ0) is 18.7. The van der Waals surface area contributed by atoms with E-state index in [1.54, 1.807) is 0 Å². The third-order valence-electron chi connectivity index (χ3n) is 2.94. The molecule has 1 N–H and O–H groups in total. The van der Waals surface area contributed by atoms with Crippen molar-refractivity contribution >= 4 is 33.2 Å². The Morgan fingerprint density at radius 3 is 2.38 bits per heavy atom. The summed E-state index contributed by atoms with van der Waals surface area (Å²) in [5.41, 5.74) is -1.45. The van der Waals surface area contributed by atoms with Gasteiger partial charge in [-0.1, -0.05) is 25.4 Å². The molecule has 1 aromatic rings. The van der Waals surface area contributed by atoms with Crippen LogP contribution in [0.4, 0.5) is 18.9 Å². The molecule has 0 heterocycles. The van der Waals surface area contributed by atoms with Crippen LogP contribution < -0.4 is 9.62 Å². The molecule has 1 amide bonds. The number of anilines is 1. The number of carbonyl (C=O) groups is 1. The fourth-order valence-electron chi connectivity index (χ4n) is 1.77. The first-order chi connectivity index (χ1) is 10.8. The maximum Gasteiger partial charge on any atom is 0.416 e. The van der Waals surface area contributed by atoms with Crippen LogP contribution in [-0.2, 0) is 21.0 Å². The monoisotopic (exact) mass is 386 g/mol. The Morgan fingerprint density at radius 2 is 1.92 bits per heavy atom. The van der Waals surface area contributed by atoms with Crippen molar-refractivity contribution in [3.8, 4) is 0 Å². The Hall–Kier alpha value is -1.48. The van der Waals surface area contributed by atoms with Crippen LogP contribution in [0.2, 0.25) is 5.02 Å². The molecule has 136 valence electrons. The molecule has 1 rings (SSSR count). The highest BCUT2D eigenvalue weighted by molar-refractivity contribution is 7.92. The molecule has 0 saturated heterocycles. The van der Waals surface area contributed by atoms with Crippen molar-refractivity contribution in [3.05, 3.63) is 28.8 Å². The lowest BCUT2D eigenvalue weighted by molar-refractivity contribution is -0.137. The van der Waals surface area contributed by atoms with Crippen molar-refractivity contribution < 1.29 is 26.4 Å². The largest absolute Gasteiger partial charge is 0.416 e. The van der Waals surface area contributed by atoms with Crippen LogP contribution in [0.25, 0.3) is 0 Å². The Balaban J connectivity index is 3.21. The van der Waals surface area contributed by atoms with Crippen LogP contribution >= 0.6 is 11.6 Å². The van der Waals surface area contributed by atoms with E-state index in [1.807, 2.05) is 13.8 Å². The quantitative estimate of drug-likeness (QED) is 0.817. The number of amides is 1. The van der Waals surface area contributed by atoms with Gasteiger partial charge in [0.2, 0.25) is 15.9 Å². The molecule has 0 saturated carbocycles. The molecule has 0 aromatic heterocycles. The fraction of sp³-hybridized carbons (Fsp3) is 0.500. The normalized spacial score (nSPS) is 12.3. The van der Waals surface area contributed by atoms with Crippen molar-refractivity contribution in [1.82, 2.24) is 5.32 Å². The summed E-state index contributed by atoms with van der Waals surface area (Å²) < 4.78 is 62.9. The van der Waals surface area contributed by atoms with Crippen molar-refractivity contribution in [1.29, 1.82) is 0 Å². The zero-order valence-corrected chi connectivity index (χ0v) is 14.9. The number of halogens is 4. The average Bonchev–Trinajstić information content (AvgIpc) is 2.41. The highest BCUT2D eigenvalue weighted by atomic mass is 35.5. The minimum absolute atomic E-state index is 0.137. The molecule has 0 unspecified atom stereocenters. The van der Waals surface area contributed by atoms with Gasteiger partial charge in [0, 0.05) is 6.54 Å². The van der Waals surface area contributed by atoms with Crippen LogP contribution in [0.3, 0.4) is 0 Å². The summed E-state index contributed by atoms with van der Waals surface area (Å²) in [4.78, 5) is 11.9. The maximum absolute atomic E-state index is 12.8. The van der Waals surface area contributed by atoms with Gasteiger partial charge in [0.25, 0.3) is 0 Å². The third-order valence-corrected chi connectivity index (χ3v) is 4.38. The number of nitrogens with zero attached hydrogens (tertiary/aromatic N) is 1. The van der Waals surface area contributed by atoms with Gasteiger partial charge in [-0.05, 0) is 24.1 Å². The van der Waals surface area contributed by atoms with E-state index in [4.69, 9.17) is 11.6 Å². The van der Waals surface area contributed by atoms with E-state index >= 15 is 0 Å². The Labute approximate surface area is 143 Å². The minimum atomic E-state index is -4.66. The average molecular weight is 387 g/mol. The van der Waals surface area contributed by atoms with Crippen molar-refractivity contribution in [3.63, 3.8) is 0 Å². The van der Waals surface area contributed by atoms with E-state index in [2.05, 4.69) is 5.32 Å². The van der Waals surface area contributed by atoms with Crippen LogP contribution in [0.15, 0.2) is 18.2 Å². The molecule has 0 aliphatic rings. The second-order valence-corrected chi connectivity index (χ2v) is 7.95. The van der Waals surface area contributed by atoms with Gasteiger partial charge < -0.3 is 5.32 Å². The number of rotatable bonds is 6. The first-order valence-corrected chi connectivity index (χ1v) is 9.16. The van der Waals surface area contributed by atoms with E-state index < -0.39 is 39.9 Å². The van der Waals surface area contributed by atoms with Crippen molar-refractivity contribution in [2.24, 2.45) is 5.92 Å². The van der Waals surface area contributed by atoms with Gasteiger partial charge in [0.1, 0.15) is 6.54 Å². The third kappa shape index (κ3) is 5.86. The van der Waals surface area contributed by atoms with Crippen molar-refractivity contribution in [2.45, 2.75) is 20.0 Å². The van der Waals surface area contributed by atoms with Gasteiger partial charge in [-0.2, -0.15) is 13.2 Å². The van der Waals surface area contributed by atoms with E-state index in [0.717, 1.165) is 18.4 Å². The Kier molecular flexibility index (Phi) is 6.52. The number of carbonyl (C=O) groups excluding carboxylic acids is 1. The summed E-state index contributed by atoms with van der Waals surface area (Å²) in [6, 6.07) is 2.30. The Bertz CT molecular complexity index is 706. The standard InChI is InChI=1S/C14H18ClF3N2O3S/c1-9(2)7-19-13(21)8-20(24(3,22)23)12-6-10(14(16,17)18)4-5-11(12)15/h4-6,9H,7-8H2,1-3H3,(H,19,21). The molecule has 10 heteroatoms. The van der Waals surface area contributed by atoms with Crippen LogP contribution in [-0.4, -0.2) is 33.7 Å². The lowest BCUT2D eigenvalue weighted by Gasteiger charge is -2.24. The second-order valence-electron chi connectivity index (χ2n) is 5.63. The van der Waals surface area contributed by atoms with Gasteiger partial charge >= 0.3 is 6.18 Å². The molecule has 24 heavy (non-hydrogen) atoms. The number of alkyl halides is 3. The molecule has 0 bridgehead atoms. The smallest absolute Gasteiger partial charge is 0.354 e. The Morgan fingerprint density at radius 1 is 1.33 bits per heavy atom. The van der Waals surface area contributed by atoms with E-state index in [1.165, 1.54) is 0 Å². The lowest BCUT2D eigenvalue weighted by atomic mass is 10.2. The SMILES string of the molecule is CC(C)CNC(=O)CN(c1cc(C(F)(F)F)ccc1Cl)S(C)(=O)=O. The first kappa shape index (κ1) is 20.6. The second kappa shape index (κ2) is 7.60. The van der Waals surface area contributed by atoms with Gasteiger partial charge in [0.05, 0.1) is 22.5 Å². The summed E-state index contributed by atoms with van der Waals surface area (Å²) in [6.07, 6.45) is -3.87. The molecule has 0 radical (unpaired) electrons. The van der Waals surface area contributed by atoms with Gasteiger partial charge in [0.15, 0.2) is 0 Å². The number of benzene rings is 1. The fourth-order valence-corrected chi connectivity index (χ4v) is 2.90. The van der Waals surface area contributed by atoms with Crippen molar-refractivity contribution in [2.75, 3.05) is 23.7 Å². The summed E-state index contributed by atoms with van der Waals surface area (Å²) >= 11 is 5.85. The highest BCUT2D eigenvalue weighted by Gasteiger charge is 2.33. The van der Waals surface area contributed by atoms with Crippen LogP contribution in [0, 0.1) is 5.92 Å². The topological polar surface area (TPSA) is 66.5 Å². The summed E-state index contributed by atoms with van der Waals surface area (Å²) in [6.45, 7) is 3.34. The van der Waals surface area contributed by atoms with E-state index in [-0.39, 0.29) is 10.9 Å². The molecular formula is C14H18ClF3N2O3S. The van der Waals surface area contributed by atoms with Gasteiger partial charge in [-0.3, -0.25) is 9.10 Å². The predicted octanol–water partition coefficient (Wildman–Crippen LogP) is 2.90. The summed E-state index contributed by atoms with van der Waals surface area (Å²) in [5.74, 6) is -0.500. The lowest BCUT2D eigenvalue weighted by Crippen LogP contribution is -2.41. The molecule has 0 aliphatic carbocycles. The van der Waals surface area contributed by atoms with Crippen LogP contribution in [0.5, 0.6) is 0 Å². The minimum Gasteiger partial charge on any atom is -0.354 e. The first-order valence-electron chi connectivity index (χ1n) is 6.93. The molecule has 0 fully saturated rings. The number of nitrogens with one attached hydrogen (secondary N) is 1. The van der Waals surface area contributed by atoms with E-state index in [9.17, 15) is 26.4 Å². The number of sulfonamides is 1. The summed E-state index contributed by atoms with van der Waals surface area (Å²) in [7, 11) is -4.02. The molecule has 0 spiro atoms. The van der Waals surface area contributed by atoms with E-state index in [0.29, 0.717) is 16.9 Å². The molecule has 0 aliphatic heterocycles. The molecule has 1 aromatic carbocycles. The number of hydrogen-bond acceptors (Lipinski definition) is 3. The maximum atomic E-state index is 12.8. The zero-order valence-electron chi connectivity index (χ0n) is 13.3.